The number of aliphatic hydroxyl groups is 1. The van der Waals surface area contributed by atoms with Crippen molar-refractivity contribution < 1.29 is 24.1 Å². The molecule has 2 saturated heterocycles. The van der Waals surface area contributed by atoms with Crippen LogP contribution in [0.25, 0.3) is 0 Å². The Hall–Kier alpha value is -0.200. The monoisotopic (exact) mass is 637 g/mol. The molecule has 5 fully saturated rings. The molecular weight excluding hydrogens is 560 g/mol. The van der Waals surface area contributed by atoms with Crippen LogP contribution < -0.4 is 0 Å². The Bertz CT molecular complexity index is 762. The summed E-state index contributed by atoms with van der Waals surface area (Å²) in [5.74, 6) is 10.1. The summed E-state index contributed by atoms with van der Waals surface area (Å²) in [7, 11) is 0. The molecule has 0 spiro atoms. The molecule has 0 aromatic rings. The average Bonchev–Trinajstić information content (AvgIpc) is 3.47. The predicted octanol–water partition coefficient (Wildman–Crippen LogP) is 9.85. The highest BCUT2D eigenvalue weighted by molar-refractivity contribution is 4.86. The summed E-state index contributed by atoms with van der Waals surface area (Å²) < 4.78 is 23.4. The predicted molar refractivity (Wildman–Crippen MR) is 187 cm³/mol. The molecule has 3 saturated carbocycles. The molecule has 11 unspecified atom stereocenters. The van der Waals surface area contributed by atoms with Crippen molar-refractivity contribution in [1.29, 1.82) is 0 Å². The first kappa shape index (κ1) is 39.2. The first-order valence-corrected chi connectivity index (χ1v) is 19.4. The molecule has 5 heteroatoms. The van der Waals surface area contributed by atoms with Crippen LogP contribution in [-0.2, 0) is 18.9 Å². The second-order valence-electron chi connectivity index (χ2n) is 17.6. The van der Waals surface area contributed by atoms with E-state index in [9.17, 15) is 0 Å². The lowest BCUT2D eigenvalue weighted by atomic mass is 9.69. The third kappa shape index (κ3) is 12.0. The van der Waals surface area contributed by atoms with Crippen LogP contribution in [0.15, 0.2) is 0 Å². The molecule has 2 aliphatic heterocycles. The van der Waals surface area contributed by atoms with Crippen LogP contribution in [0.2, 0.25) is 0 Å². The van der Waals surface area contributed by atoms with E-state index < -0.39 is 0 Å². The van der Waals surface area contributed by atoms with Crippen molar-refractivity contribution in [2.45, 2.75) is 153 Å². The average molecular weight is 637 g/mol. The Morgan fingerprint density at radius 2 is 0.933 bits per heavy atom. The van der Waals surface area contributed by atoms with E-state index in [0.29, 0.717) is 36.2 Å². The molecule has 5 rings (SSSR count). The topological polar surface area (TPSA) is 57.2 Å². The van der Waals surface area contributed by atoms with Crippen molar-refractivity contribution in [2.24, 2.45) is 76.9 Å². The molecule has 5 nitrogen and oxygen atoms in total. The van der Waals surface area contributed by atoms with E-state index in [1.807, 2.05) is 0 Å². The van der Waals surface area contributed by atoms with Gasteiger partial charge in [0.25, 0.3) is 0 Å². The molecule has 266 valence electrons. The highest BCUT2D eigenvalue weighted by Gasteiger charge is 2.41. The summed E-state index contributed by atoms with van der Waals surface area (Å²) >= 11 is 0. The Morgan fingerprint density at radius 3 is 1.36 bits per heavy atom. The van der Waals surface area contributed by atoms with Crippen molar-refractivity contribution >= 4 is 0 Å². The quantitative estimate of drug-likeness (QED) is 0.315. The van der Waals surface area contributed by atoms with Crippen LogP contribution in [0, 0.1) is 76.9 Å². The van der Waals surface area contributed by atoms with E-state index in [1.54, 1.807) is 0 Å². The summed E-state index contributed by atoms with van der Waals surface area (Å²) in [6.45, 7) is 28.1. The number of hydrogen-bond acceptors (Lipinski definition) is 5. The van der Waals surface area contributed by atoms with E-state index in [4.69, 9.17) is 24.1 Å². The lowest BCUT2D eigenvalue weighted by molar-refractivity contribution is -0.238. The SMILES string of the molecule is CC1CCC(C(C)C)C(C)C1.CC1CCC(C(C)C)C(C2OCC(CO)O2)C1.CC1COC(C2CC(C)CCC2C(C)C)OC1. The molecule has 0 radical (unpaired) electrons. The minimum atomic E-state index is -0.106. The van der Waals surface area contributed by atoms with E-state index >= 15 is 0 Å². The van der Waals surface area contributed by atoms with Crippen LogP contribution in [0.3, 0.4) is 0 Å². The third-order valence-corrected chi connectivity index (χ3v) is 12.3. The van der Waals surface area contributed by atoms with E-state index in [-0.39, 0.29) is 25.3 Å². The Labute approximate surface area is 279 Å². The van der Waals surface area contributed by atoms with Gasteiger partial charge in [-0.2, -0.15) is 0 Å². The van der Waals surface area contributed by atoms with Gasteiger partial charge in [0, 0.05) is 17.8 Å². The second kappa shape index (κ2) is 19.1. The Balaban J connectivity index is 0.000000189. The number of hydrogen-bond donors (Lipinski definition) is 1. The fraction of sp³-hybridized carbons (Fsp3) is 1.00. The molecule has 45 heavy (non-hydrogen) atoms. The summed E-state index contributed by atoms with van der Waals surface area (Å²) in [6, 6.07) is 0. The summed E-state index contributed by atoms with van der Waals surface area (Å²) in [6.07, 6.45) is 12.1. The van der Waals surface area contributed by atoms with Gasteiger partial charge in [-0.05, 0) is 97.7 Å². The molecule has 0 amide bonds. The van der Waals surface area contributed by atoms with Gasteiger partial charge in [-0.1, -0.05) is 95.4 Å². The summed E-state index contributed by atoms with van der Waals surface area (Å²) in [4.78, 5) is 0. The number of aliphatic hydroxyl groups excluding tert-OH is 1. The molecular formula is C40H76O5. The highest BCUT2D eigenvalue weighted by atomic mass is 16.7. The molecule has 11 atom stereocenters. The van der Waals surface area contributed by atoms with Gasteiger partial charge in [0.15, 0.2) is 12.6 Å². The standard InChI is InChI=1S/C15H28O2.C14H26O3.C11H22/c1-10(2)13-6-5-11(3)7-14(13)15-16-8-12(4)9-17-15;1-9(2)12-5-4-10(3)6-13(12)14-16-8-11(7-15)17-14;1-8(2)11-6-5-9(3)7-10(11)4/h10-15H,5-9H2,1-4H3;9-15H,4-8H2,1-3H3;8-11H,5-7H2,1-4H3. The normalized spacial score (nSPS) is 42.6. The van der Waals surface area contributed by atoms with Crippen molar-refractivity contribution in [3.8, 4) is 0 Å². The summed E-state index contributed by atoms with van der Waals surface area (Å²) in [5, 5.41) is 9.10. The minimum Gasteiger partial charge on any atom is -0.394 e. The lowest BCUT2D eigenvalue weighted by Crippen LogP contribution is -2.43. The van der Waals surface area contributed by atoms with Gasteiger partial charge >= 0.3 is 0 Å². The van der Waals surface area contributed by atoms with Crippen molar-refractivity contribution in [2.75, 3.05) is 26.4 Å². The minimum absolute atomic E-state index is 0.0707. The molecule has 0 bridgehead atoms. The van der Waals surface area contributed by atoms with Gasteiger partial charge in [-0.15, -0.1) is 0 Å². The molecule has 1 N–H and O–H groups in total. The lowest BCUT2D eigenvalue weighted by Gasteiger charge is -2.43. The third-order valence-electron chi connectivity index (χ3n) is 12.3. The summed E-state index contributed by atoms with van der Waals surface area (Å²) in [5.41, 5.74) is 0. The maximum Gasteiger partial charge on any atom is 0.161 e. The van der Waals surface area contributed by atoms with Crippen LogP contribution in [0.5, 0.6) is 0 Å². The van der Waals surface area contributed by atoms with Crippen molar-refractivity contribution in [3.05, 3.63) is 0 Å². The maximum absolute atomic E-state index is 9.10. The fourth-order valence-electron chi connectivity index (χ4n) is 9.51. The van der Waals surface area contributed by atoms with Gasteiger partial charge in [0.05, 0.1) is 26.4 Å². The maximum atomic E-state index is 9.10. The zero-order valence-corrected chi connectivity index (χ0v) is 31.5. The van der Waals surface area contributed by atoms with Gasteiger partial charge in [-0.3, -0.25) is 0 Å². The Morgan fingerprint density at radius 1 is 0.511 bits per heavy atom. The van der Waals surface area contributed by atoms with E-state index in [2.05, 4.69) is 76.2 Å². The van der Waals surface area contributed by atoms with Gasteiger partial charge in [0.2, 0.25) is 0 Å². The molecule has 0 aromatic heterocycles. The van der Waals surface area contributed by atoms with Gasteiger partial charge in [0.1, 0.15) is 6.10 Å². The van der Waals surface area contributed by atoms with Crippen LogP contribution in [0.1, 0.15) is 134 Å². The highest BCUT2D eigenvalue weighted by Crippen LogP contribution is 2.43. The van der Waals surface area contributed by atoms with Crippen LogP contribution in [0.4, 0.5) is 0 Å². The second-order valence-corrected chi connectivity index (χ2v) is 17.6. The number of ether oxygens (including phenoxy) is 4. The van der Waals surface area contributed by atoms with Crippen molar-refractivity contribution in [1.82, 2.24) is 0 Å². The van der Waals surface area contributed by atoms with Gasteiger partial charge in [-0.25, -0.2) is 0 Å². The van der Waals surface area contributed by atoms with Crippen LogP contribution in [-0.4, -0.2) is 50.2 Å². The molecule has 2 heterocycles. The van der Waals surface area contributed by atoms with Gasteiger partial charge < -0.3 is 24.1 Å². The first-order valence-electron chi connectivity index (χ1n) is 19.4. The fourth-order valence-corrected chi connectivity index (χ4v) is 9.51. The van der Waals surface area contributed by atoms with Crippen LogP contribution >= 0.6 is 0 Å². The van der Waals surface area contributed by atoms with E-state index in [0.717, 1.165) is 60.6 Å². The molecule has 3 aliphatic carbocycles. The smallest absolute Gasteiger partial charge is 0.161 e. The molecule has 5 aliphatic rings. The Kier molecular flexibility index (Phi) is 16.7. The number of rotatable bonds is 6. The zero-order valence-electron chi connectivity index (χ0n) is 31.5. The molecule has 0 aromatic carbocycles. The van der Waals surface area contributed by atoms with E-state index in [1.165, 1.54) is 57.8 Å². The van der Waals surface area contributed by atoms with Crippen molar-refractivity contribution in [3.63, 3.8) is 0 Å². The zero-order chi connectivity index (χ0) is 33.3. The largest absolute Gasteiger partial charge is 0.394 e. The first-order chi connectivity index (χ1) is 21.3.